The van der Waals surface area contributed by atoms with E-state index >= 15 is 0 Å². The molecule has 1 atom stereocenters. The maximum atomic E-state index is 12.3. The van der Waals surface area contributed by atoms with Crippen molar-refractivity contribution in [3.05, 3.63) is 30.3 Å². The second kappa shape index (κ2) is 9.26. The van der Waals surface area contributed by atoms with Crippen LogP contribution in [0.3, 0.4) is 0 Å². The molecule has 0 spiro atoms. The molecule has 0 saturated carbocycles. The lowest BCUT2D eigenvalue weighted by Crippen LogP contribution is -2.40. The van der Waals surface area contributed by atoms with Gasteiger partial charge in [0, 0.05) is 12.2 Å². The summed E-state index contributed by atoms with van der Waals surface area (Å²) in [6, 6.07) is 8.77. The number of hydrogen-bond acceptors (Lipinski definition) is 4. The number of unbranched alkanes of at least 4 members (excludes halogenated alkanes) is 1. The number of para-hydroxylation sites is 1. The van der Waals surface area contributed by atoms with Crippen LogP contribution in [0.1, 0.15) is 26.2 Å². The standard InChI is InChI=1S/C15H22N2O5S/c1-2-3-9-13(14(18)16-10-11-23(20,21)22)15(19)17-12-7-5-4-6-8-12/h4-8,13H,2-3,9-11H2,1H3,(H,16,18)(H,17,19)(H,20,21,22). The van der Waals surface area contributed by atoms with Gasteiger partial charge in [0.2, 0.25) is 11.8 Å². The summed E-state index contributed by atoms with van der Waals surface area (Å²) in [7, 11) is -4.15. The number of carbonyl (C=O) groups is 2. The SMILES string of the molecule is CCCCC(C(=O)NCCS(=O)(=O)O)C(=O)Nc1ccccc1. The van der Waals surface area contributed by atoms with Gasteiger partial charge in [-0.05, 0) is 18.6 Å². The number of nitrogens with one attached hydrogen (secondary N) is 2. The lowest BCUT2D eigenvalue weighted by molar-refractivity contribution is -0.132. The molecule has 128 valence electrons. The summed E-state index contributed by atoms with van der Waals surface area (Å²) in [5.74, 6) is -2.47. The number of rotatable bonds is 9. The monoisotopic (exact) mass is 342 g/mol. The molecule has 0 aliphatic rings. The van der Waals surface area contributed by atoms with E-state index in [1.165, 1.54) is 0 Å². The first kappa shape index (κ1) is 19.1. The van der Waals surface area contributed by atoms with Crippen LogP contribution in [0.15, 0.2) is 30.3 Å². The van der Waals surface area contributed by atoms with E-state index in [-0.39, 0.29) is 6.54 Å². The highest BCUT2D eigenvalue weighted by Crippen LogP contribution is 2.13. The van der Waals surface area contributed by atoms with E-state index in [1.54, 1.807) is 24.3 Å². The molecule has 0 radical (unpaired) electrons. The van der Waals surface area contributed by atoms with Crippen LogP contribution < -0.4 is 10.6 Å². The van der Waals surface area contributed by atoms with Gasteiger partial charge in [-0.25, -0.2) is 0 Å². The zero-order valence-electron chi connectivity index (χ0n) is 13.0. The van der Waals surface area contributed by atoms with Gasteiger partial charge in [0.05, 0.1) is 5.75 Å². The highest BCUT2D eigenvalue weighted by atomic mass is 32.2. The highest BCUT2D eigenvalue weighted by molar-refractivity contribution is 7.85. The van der Waals surface area contributed by atoms with Gasteiger partial charge in [0.1, 0.15) is 5.92 Å². The molecule has 1 rings (SSSR count). The summed E-state index contributed by atoms with van der Waals surface area (Å²) in [6.45, 7) is 1.71. The molecule has 0 heterocycles. The molecule has 1 aromatic rings. The number of anilines is 1. The number of amides is 2. The van der Waals surface area contributed by atoms with Crippen LogP contribution in [-0.4, -0.2) is 37.1 Å². The van der Waals surface area contributed by atoms with Crippen LogP contribution in [0, 0.1) is 5.92 Å². The Kier molecular flexibility index (Phi) is 7.70. The Morgan fingerprint density at radius 3 is 2.39 bits per heavy atom. The van der Waals surface area contributed by atoms with Gasteiger partial charge in [0.15, 0.2) is 0 Å². The van der Waals surface area contributed by atoms with E-state index in [4.69, 9.17) is 4.55 Å². The molecule has 2 amide bonds. The Bertz CT molecular complexity index is 616. The second-order valence-corrected chi connectivity index (χ2v) is 6.70. The van der Waals surface area contributed by atoms with Crippen LogP contribution >= 0.6 is 0 Å². The van der Waals surface area contributed by atoms with Crippen molar-refractivity contribution in [1.82, 2.24) is 5.32 Å². The lowest BCUT2D eigenvalue weighted by atomic mass is 10.00. The molecule has 8 heteroatoms. The van der Waals surface area contributed by atoms with Crippen molar-refractivity contribution in [1.29, 1.82) is 0 Å². The molecule has 7 nitrogen and oxygen atoms in total. The van der Waals surface area contributed by atoms with Gasteiger partial charge in [-0.1, -0.05) is 38.0 Å². The summed E-state index contributed by atoms with van der Waals surface area (Å²) in [5, 5.41) is 5.05. The topological polar surface area (TPSA) is 113 Å². The second-order valence-electron chi connectivity index (χ2n) is 5.13. The molecular formula is C15H22N2O5S. The maximum Gasteiger partial charge on any atom is 0.266 e. The zero-order chi connectivity index (χ0) is 17.3. The van der Waals surface area contributed by atoms with Crippen molar-refractivity contribution in [3.8, 4) is 0 Å². The maximum absolute atomic E-state index is 12.3. The molecule has 1 aromatic carbocycles. The average molecular weight is 342 g/mol. The van der Waals surface area contributed by atoms with Gasteiger partial charge in [-0.15, -0.1) is 0 Å². The van der Waals surface area contributed by atoms with Gasteiger partial charge in [-0.3, -0.25) is 14.1 Å². The minimum Gasteiger partial charge on any atom is -0.354 e. The fourth-order valence-corrected chi connectivity index (χ4v) is 2.33. The normalized spacial score (nSPS) is 12.4. The van der Waals surface area contributed by atoms with Crippen LogP contribution in [0.5, 0.6) is 0 Å². The average Bonchev–Trinajstić information content (AvgIpc) is 2.47. The fraction of sp³-hybridized carbons (Fsp3) is 0.467. The van der Waals surface area contributed by atoms with E-state index < -0.39 is 33.6 Å². The van der Waals surface area contributed by atoms with Crippen molar-refractivity contribution in [2.45, 2.75) is 26.2 Å². The molecule has 0 aromatic heterocycles. The summed E-state index contributed by atoms with van der Waals surface area (Å²) in [6.07, 6.45) is 1.89. The van der Waals surface area contributed by atoms with E-state index in [0.717, 1.165) is 6.42 Å². The predicted octanol–water partition coefficient (Wildman–Crippen LogP) is 1.44. The molecule has 0 saturated heterocycles. The smallest absolute Gasteiger partial charge is 0.266 e. The number of hydrogen-bond donors (Lipinski definition) is 3. The first-order valence-electron chi connectivity index (χ1n) is 7.42. The van der Waals surface area contributed by atoms with E-state index in [2.05, 4.69) is 10.6 Å². The van der Waals surface area contributed by atoms with Crippen LogP contribution in [-0.2, 0) is 19.7 Å². The summed E-state index contributed by atoms with van der Waals surface area (Å²) in [5.41, 5.74) is 0.588. The van der Waals surface area contributed by atoms with Crippen molar-refractivity contribution >= 4 is 27.6 Å². The summed E-state index contributed by atoms with van der Waals surface area (Å²) < 4.78 is 30.0. The fourth-order valence-electron chi connectivity index (χ4n) is 1.97. The van der Waals surface area contributed by atoms with Crippen LogP contribution in [0.2, 0.25) is 0 Å². The molecule has 0 fully saturated rings. The van der Waals surface area contributed by atoms with Gasteiger partial charge in [0.25, 0.3) is 10.1 Å². The van der Waals surface area contributed by atoms with E-state index in [0.29, 0.717) is 18.5 Å². The summed E-state index contributed by atoms with van der Waals surface area (Å²) in [4.78, 5) is 24.4. The van der Waals surface area contributed by atoms with E-state index in [9.17, 15) is 18.0 Å². The van der Waals surface area contributed by atoms with E-state index in [1.807, 2.05) is 13.0 Å². The number of benzene rings is 1. The largest absolute Gasteiger partial charge is 0.354 e. The van der Waals surface area contributed by atoms with Gasteiger partial charge in [-0.2, -0.15) is 8.42 Å². The third-order valence-electron chi connectivity index (χ3n) is 3.18. The Morgan fingerprint density at radius 2 is 1.83 bits per heavy atom. The Morgan fingerprint density at radius 1 is 1.17 bits per heavy atom. The quantitative estimate of drug-likeness (QED) is 0.464. The van der Waals surface area contributed by atoms with Crippen LogP contribution in [0.4, 0.5) is 5.69 Å². The molecular weight excluding hydrogens is 320 g/mol. The van der Waals surface area contributed by atoms with Crippen LogP contribution in [0.25, 0.3) is 0 Å². The van der Waals surface area contributed by atoms with Crippen molar-refractivity contribution in [3.63, 3.8) is 0 Å². The molecule has 3 N–H and O–H groups in total. The predicted molar refractivity (Wildman–Crippen MR) is 87.5 cm³/mol. The lowest BCUT2D eigenvalue weighted by Gasteiger charge is -2.16. The van der Waals surface area contributed by atoms with Crippen molar-refractivity contribution in [2.75, 3.05) is 17.6 Å². The number of carbonyl (C=O) groups excluding carboxylic acids is 2. The molecule has 23 heavy (non-hydrogen) atoms. The molecule has 0 bridgehead atoms. The zero-order valence-corrected chi connectivity index (χ0v) is 13.8. The highest BCUT2D eigenvalue weighted by Gasteiger charge is 2.26. The minimum absolute atomic E-state index is 0.237. The van der Waals surface area contributed by atoms with Crippen molar-refractivity contribution < 1.29 is 22.6 Å². The van der Waals surface area contributed by atoms with Gasteiger partial charge < -0.3 is 10.6 Å². The Balaban J connectivity index is 2.66. The van der Waals surface area contributed by atoms with Gasteiger partial charge >= 0.3 is 0 Å². The third kappa shape index (κ3) is 7.75. The Labute approximate surface area is 136 Å². The minimum atomic E-state index is -4.15. The molecule has 1 unspecified atom stereocenters. The third-order valence-corrected chi connectivity index (χ3v) is 3.90. The molecule has 0 aliphatic carbocycles. The first-order chi connectivity index (χ1) is 10.8. The first-order valence-corrected chi connectivity index (χ1v) is 9.03. The van der Waals surface area contributed by atoms with Crippen molar-refractivity contribution in [2.24, 2.45) is 5.92 Å². The molecule has 0 aliphatic heterocycles. The Hall–Kier alpha value is -1.93. The summed E-state index contributed by atoms with van der Waals surface area (Å²) >= 11 is 0.